The van der Waals surface area contributed by atoms with E-state index in [-0.39, 0.29) is 17.9 Å². The van der Waals surface area contributed by atoms with Crippen molar-refractivity contribution in [2.45, 2.75) is 24.9 Å². The molecule has 0 aliphatic heterocycles. The summed E-state index contributed by atoms with van der Waals surface area (Å²) < 4.78 is 5.92. The normalized spacial score (nSPS) is 28.0. The molecule has 1 N–H and O–H groups in total. The highest BCUT2D eigenvalue weighted by atomic mass is 16.5. The van der Waals surface area contributed by atoms with Crippen molar-refractivity contribution in [2.75, 3.05) is 6.61 Å². The van der Waals surface area contributed by atoms with Gasteiger partial charge in [0.1, 0.15) is 0 Å². The zero-order chi connectivity index (χ0) is 15.3. The average Bonchev–Trinajstić information content (AvgIpc) is 2.55. The van der Waals surface area contributed by atoms with Gasteiger partial charge in [-0.1, -0.05) is 48.5 Å². The van der Waals surface area contributed by atoms with Crippen molar-refractivity contribution in [3.8, 4) is 0 Å². The first-order valence-electron chi connectivity index (χ1n) is 7.76. The molecule has 0 saturated heterocycles. The van der Waals surface area contributed by atoms with Gasteiger partial charge in [0.2, 0.25) is 0 Å². The molecule has 0 amide bonds. The summed E-state index contributed by atoms with van der Waals surface area (Å²) in [6.07, 6.45) is -0.294. The first kappa shape index (κ1) is 13.5. The van der Waals surface area contributed by atoms with E-state index in [1.807, 2.05) is 31.2 Å². The van der Waals surface area contributed by atoms with E-state index in [1.165, 1.54) is 11.1 Å². The zero-order valence-corrected chi connectivity index (χ0v) is 12.4. The van der Waals surface area contributed by atoms with Crippen LogP contribution in [0.4, 0.5) is 0 Å². The Morgan fingerprint density at radius 2 is 1.41 bits per heavy atom. The van der Waals surface area contributed by atoms with Crippen molar-refractivity contribution in [2.24, 2.45) is 5.92 Å². The number of aliphatic carboxylic acids is 1. The Bertz CT molecular complexity index is 689. The molecule has 0 spiro atoms. The van der Waals surface area contributed by atoms with E-state index in [9.17, 15) is 9.90 Å². The molecule has 0 fully saturated rings. The fourth-order valence-electron chi connectivity index (χ4n) is 4.30. The van der Waals surface area contributed by atoms with Gasteiger partial charge in [-0.15, -0.1) is 0 Å². The molecule has 3 nitrogen and oxygen atoms in total. The van der Waals surface area contributed by atoms with E-state index in [1.54, 1.807) is 0 Å². The molecule has 112 valence electrons. The second kappa shape index (κ2) is 4.96. The number of carboxylic acid groups (broad SMARTS) is 1. The SMILES string of the molecule is CCOC1C2c3ccccc3C(c3ccccc32)C1C(=O)O. The summed E-state index contributed by atoms with van der Waals surface area (Å²) in [5.41, 5.74) is 4.74. The van der Waals surface area contributed by atoms with Gasteiger partial charge in [-0.2, -0.15) is 0 Å². The number of rotatable bonds is 3. The van der Waals surface area contributed by atoms with Gasteiger partial charge in [0.25, 0.3) is 0 Å². The summed E-state index contributed by atoms with van der Waals surface area (Å²) in [7, 11) is 0. The molecule has 3 aliphatic rings. The Hall–Kier alpha value is -2.13. The first-order valence-corrected chi connectivity index (χ1v) is 7.76. The summed E-state index contributed by atoms with van der Waals surface area (Å²) in [6.45, 7) is 2.46. The number of carboxylic acids is 1. The minimum atomic E-state index is -0.766. The van der Waals surface area contributed by atoms with Crippen LogP contribution in [-0.2, 0) is 9.53 Å². The van der Waals surface area contributed by atoms with Gasteiger partial charge in [0.15, 0.2) is 0 Å². The number of hydrogen-bond donors (Lipinski definition) is 1. The lowest BCUT2D eigenvalue weighted by molar-refractivity contribution is -0.150. The Kier molecular flexibility index (Phi) is 3.05. The fourth-order valence-corrected chi connectivity index (χ4v) is 4.30. The quantitative estimate of drug-likeness (QED) is 0.944. The maximum atomic E-state index is 12.0. The molecule has 0 saturated carbocycles. The van der Waals surface area contributed by atoms with Gasteiger partial charge < -0.3 is 9.84 Å². The number of fused-ring (bicyclic) bond motifs is 1. The second-order valence-electron chi connectivity index (χ2n) is 6.00. The Morgan fingerprint density at radius 3 is 1.82 bits per heavy atom. The molecule has 3 aliphatic carbocycles. The molecule has 2 aromatic carbocycles. The van der Waals surface area contributed by atoms with Crippen LogP contribution in [0.5, 0.6) is 0 Å². The van der Waals surface area contributed by atoms with E-state index in [2.05, 4.69) is 24.3 Å². The third-order valence-electron chi connectivity index (χ3n) is 5.02. The predicted octanol–water partition coefficient (Wildman–Crippen LogP) is 3.38. The minimum Gasteiger partial charge on any atom is -0.481 e. The van der Waals surface area contributed by atoms with E-state index in [0.717, 1.165) is 11.1 Å². The number of benzene rings is 2. The van der Waals surface area contributed by atoms with Crippen molar-refractivity contribution in [3.63, 3.8) is 0 Å². The molecular weight excluding hydrogens is 276 g/mol. The van der Waals surface area contributed by atoms with E-state index in [0.29, 0.717) is 6.61 Å². The predicted molar refractivity (Wildman–Crippen MR) is 83.1 cm³/mol. The van der Waals surface area contributed by atoms with Crippen molar-refractivity contribution >= 4 is 5.97 Å². The van der Waals surface area contributed by atoms with Crippen molar-refractivity contribution < 1.29 is 14.6 Å². The summed E-state index contributed by atoms with van der Waals surface area (Å²) in [5, 5.41) is 9.83. The van der Waals surface area contributed by atoms with Gasteiger partial charge in [0, 0.05) is 18.4 Å². The van der Waals surface area contributed by atoms with Crippen LogP contribution in [0.1, 0.15) is 41.0 Å². The van der Waals surface area contributed by atoms with Gasteiger partial charge in [-0.05, 0) is 29.2 Å². The maximum absolute atomic E-state index is 12.0. The Balaban J connectivity index is 2.00. The lowest BCUT2D eigenvalue weighted by Crippen LogP contribution is -2.48. The van der Waals surface area contributed by atoms with E-state index < -0.39 is 11.9 Å². The highest BCUT2D eigenvalue weighted by Crippen LogP contribution is 2.56. The van der Waals surface area contributed by atoms with Crippen molar-refractivity contribution in [1.29, 1.82) is 0 Å². The molecule has 0 heterocycles. The molecule has 2 atom stereocenters. The molecule has 2 unspecified atom stereocenters. The lowest BCUT2D eigenvalue weighted by atomic mass is 9.57. The van der Waals surface area contributed by atoms with Crippen LogP contribution < -0.4 is 0 Å². The molecule has 0 aromatic heterocycles. The standard InChI is InChI=1S/C19H18O3/c1-2-22-18-16-13-9-5-3-7-11(13)15(17(18)19(20)21)12-8-4-6-10-14(12)16/h3-10,15-18H,2H2,1H3,(H,20,21). The average molecular weight is 294 g/mol. The fraction of sp³-hybridized carbons (Fsp3) is 0.316. The topological polar surface area (TPSA) is 46.5 Å². The van der Waals surface area contributed by atoms with Gasteiger partial charge in [0.05, 0.1) is 12.0 Å². The first-order chi connectivity index (χ1) is 10.7. The Morgan fingerprint density at radius 1 is 0.955 bits per heavy atom. The highest BCUT2D eigenvalue weighted by Gasteiger charge is 2.53. The lowest BCUT2D eigenvalue weighted by Gasteiger charge is -2.48. The number of carbonyl (C=O) groups is 1. The van der Waals surface area contributed by atoms with Crippen LogP contribution >= 0.6 is 0 Å². The molecule has 2 aromatic rings. The van der Waals surface area contributed by atoms with Gasteiger partial charge in [-0.3, -0.25) is 4.79 Å². The maximum Gasteiger partial charge on any atom is 0.310 e. The summed E-state index contributed by atoms with van der Waals surface area (Å²) in [5.74, 6) is -1.39. The molecule has 3 heteroatoms. The molecule has 0 radical (unpaired) electrons. The highest BCUT2D eigenvalue weighted by molar-refractivity contribution is 5.77. The number of ether oxygens (including phenoxy) is 1. The van der Waals surface area contributed by atoms with Crippen LogP contribution in [0, 0.1) is 5.92 Å². The largest absolute Gasteiger partial charge is 0.481 e. The van der Waals surface area contributed by atoms with Crippen LogP contribution in [0.3, 0.4) is 0 Å². The third-order valence-corrected chi connectivity index (χ3v) is 5.02. The van der Waals surface area contributed by atoms with E-state index in [4.69, 9.17) is 4.74 Å². The second-order valence-corrected chi connectivity index (χ2v) is 6.00. The summed E-state index contributed by atoms with van der Waals surface area (Å²) in [6, 6.07) is 16.4. The van der Waals surface area contributed by atoms with Crippen molar-refractivity contribution in [1.82, 2.24) is 0 Å². The monoisotopic (exact) mass is 294 g/mol. The van der Waals surface area contributed by atoms with Crippen LogP contribution in [0.15, 0.2) is 48.5 Å². The molecular formula is C19H18O3. The summed E-state index contributed by atoms with van der Waals surface area (Å²) in [4.78, 5) is 12.0. The Labute approximate surface area is 129 Å². The smallest absolute Gasteiger partial charge is 0.310 e. The summed E-state index contributed by atoms with van der Waals surface area (Å²) >= 11 is 0. The zero-order valence-electron chi connectivity index (χ0n) is 12.4. The number of hydrogen-bond acceptors (Lipinski definition) is 2. The van der Waals surface area contributed by atoms with Gasteiger partial charge >= 0.3 is 5.97 Å². The third kappa shape index (κ3) is 1.69. The van der Waals surface area contributed by atoms with Gasteiger partial charge in [-0.25, -0.2) is 0 Å². The van der Waals surface area contributed by atoms with Crippen LogP contribution in [0.25, 0.3) is 0 Å². The molecule has 5 rings (SSSR count). The molecule has 2 bridgehead atoms. The van der Waals surface area contributed by atoms with Crippen molar-refractivity contribution in [3.05, 3.63) is 70.8 Å². The van der Waals surface area contributed by atoms with Crippen LogP contribution in [-0.4, -0.2) is 23.8 Å². The molecule has 22 heavy (non-hydrogen) atoms. The van der Waals surface area contributed by atoms with E-state index >= 15 is 0 Å². The van der Waals surface area contributed by atoms with Crippen LogP contribution in [0.2, 0.25) is 0 Å². The minimum absolute atomic E-state index is 0.0125.